The van der Waals surface area contributed by atoms with Gasteiger partial charge in [0.25, 0.3) is 0 Å². The number of carbonyl (C=O) groups excluding carboxylic acids is 4. The quantitative estimate of drug-likeness (QED) is 0.168. The lowest BCUT2D eigenvalue weighted by Crippen LogP contribution is -2.48. The summed E-state index contributed by atoms with van der Waals surface area (Å²) in [7, 11) is 0. The number of aromatic hydroxyl groups is 1. The van der Waals surface area contributed by atoms with E-state index in [1.807, 2.05) is 61.5 Å². The number of imide groups is 2. The summed E-state index contributed by atoms with van der Waals surface area (Å²) in [6, 6.07) is 30.7. The predicted molar refractivity (Wildman–Crippen MR) is 189 cm³/mol. The summed E-state index contributed by atoms with van der Waals surface area (Å²) < 4.78 is 6.00. The smallest absolute Gasteiger partial charge is 0.241 e. The van der Waals surface area contributed by atoms with Crippen molar-refractivity contribution in [2.24, 2.45) is 29.1 Å². The van der Waals surface area contributed by atoms with E-state index in [0.29, 0.717) is 35.7 Å². The van der Waals surface area contributed by atoms with Crippen LogP contribution in [0, 0.1) is 29.1 Å². The highest BCUT2D eigenvalue weighted by molar-refractivity contribution is 6.25. The van der Waals surface area contributed by atoms with Crippen molar-refractivity contribution in [3.63, 3.8) is 0 Å². The molecular weight excluding hydrogens is 628 g/mol. The molecule has 6 unspecified atom stereocenters. The number of hydrogen-bond donors (Lipinski definition) is 1. The number of ether oxygens (including phenoxy) is 1. The van der Waals surface area contributed by atoms with Gasteiger partial charge in [0.2, 0.25) is 23.6 Å². The standard InChI is InChI=1S/C42H36N2O6/c1-3-25-14-16-28(17-15-25)43-38(46)32-21-20-30-33(36(32)40(43)48)23-34-39(47)44(27-12-8-5-9-13-27)41(49)42(34,2)37(30)31-19-18-29(22-35(31)45)50-24-26-10-6-4-7-11-26/h3-20,22,32-34,36-37,45H,1,21,23-24H2,2H3. The Hall–Kier alpha value is -5.76. The Bertz CT molecular complexity index is 2070. The number of anilines is 2. The molecule has 6 atom stereocenters. The fraction of sp³-hybridized carbons (Fsp3) is 0.238. The molecule has 4 aliphatic rings. The van der Waals surface area contributed by atoms with Gasteiger partial charge in [-0.05, 0) is 67.1 Å². The van der Waals surface area contributed by atoms with E-state index in [2.05, 4.69) is 6.58 Å². The molecule has 4 aromatic rings. The van der Waals surface area contributed by atoms with Crippen LogP contribution in [0.1, 0.15) is 42.4 Å². The topological polar surface area (TPSA) is 104 Å². The highest BCUT2D eigenvalue weighted by Gasteiger charge is 2.68. The number of carbonyl (C=O) groups is 4. The third-order valence-electron chi connectivity index (χ3n) is 11.2. The lowest BCUT2D eigenvalue weighted by atomic mass is 9.51. The van der Waals surface area contributed by atoms with Crippen molar-refractivity contribution in [1.82, 2.24) is 0 Å². The lowest BCUT2D eigenvalue weighted by Gasteiger charge is -2.49. The van der Waals surface area contributed by atoms with E-state index in [0.717, 1.165) is 16.7 Å². The maximum Gasteiger partial charge on any atom is 0.241 e. The van der Waals surface area contributed by atoms with E-state index in [1.54, 1.807) is 60.7 Å². The fourth-order valence-electron chi connectivity index (χ4n) is 8.79. The number of para-hydroxylation sites is 1. The Labute approximate surface area is 290 Å². The first-order valence-corrected chi connectivity index (χ1v) is 17.0. The van der Waals surface area contributed by atoms with E-state index in [4.69, 9.17) is 4.74 Å². The zero-order chi connectivity index (χ0) is 34.7. The van der Waals surface area contributed by atoms with Gasteiger partial charge in [0, 0.05) is 17.5 Å². The molecule has 0 bridgehead atoms. The number of fused-ring (bicyclic) bond motifs is 4. The van der Waals surface area contributed by atoms with E-state index < -0.39 is 35.0 Å². The average molecular weight is 665 g/mol. The van der Waals surface area contributed by atoms with Gasteiger partial charge in [-0.25, -0.2) is 4.90 Å². The lowest BCUT2D eigenvalue weighted by molar-refractivity contribution is -0.131. The molecule has 2 saturated heterocycles. The fourth-order valence-corrected chi connectivity index (χ4v) is 8.79. The van der Waals surface area contributed by atoms with Crippen LogP contribution < -0.4 is 14.5 Å². The van der Waals surface area contributed by atoms with Gasteiger partial charge >= 0.3 is 0 Å². The monoisotopic (exact) mass is 664 g/mol. The molecule has 250 valence electrons. The number of rotatable bonds is 7. The van der Waals surface area contributed by atoms with Gasteiger partial charge < -0.3 is 9.84 Å². The summed E-state index contributed by atoms with van der Waals surface area (Å²) in [5.41, 5.74) is 2.82. The molecule has 4 amide bonds. The second kappa shape index (κ2) is 12.0. The first-order chi connectivity index (χ1) is 24.2. The minimum absolute atomic E-state index is 0.0691. The molecule has 2 heterocycles. The maximum absolute atomic E-state index is 14.6. The molecule has 0 spiro atoms. The second-order valence-electron chi connectivity index (χ2n) is 13.8. The molecule has 8 rings (SSSR count). The van der Waals surface area contributed by atoms with Crippen LogP contribution in [-0.4, -0.2) is 28.7 Å². The molecule has 0 radical (unpaired) electrons. The molecular formula is C42H36N2O6. The maximum atomic E-state index is 14.6. The zero-order valence-corrected chi connectivity index (χ0v) is 27.6. The number of phenols is 1. The number of amides is 4. The van der Waals surface area contributed by atoms with Gasteiger partial charge in [0.15, 0.2) is 0 Å². The third-order valence-corrected chi connectivity index (χ3v) is 11.2. The summed E-state index contributed by atoms with van der Waals surface area (Å²) >= 11 is 0. The Balaban J connectivity index is 1.21. The molecule has 2 aliphatic carbocycles. The minimum atomic E-state index is -1.27. The summed E-state index contributed by atoms with van der Waals surface area (Å²) in [5, 5.41) is 11.7. The molecule has 8 nitrogen and oxygen atoms in total. The van der Waals surface area contributed by atoms with Crippen molar-refractivity contribution < 1.29 is 29.0 Å². The summed E-state index contributed by atoms with van der Waals surface area (Å²) in [4.78, 5) is 59.8. The van der Waals surface area contributed by atoms with Crippen LogP contribution in [0.5, 0.6) is 11.5 Å². The van der Waals surface area contributed by atoms with Crippen molar-refractivity contribution in [3.8, 4) is 11.5 Å². The van der Waals surface area contributed by atoms with Crippen molar-refractivity contribution >= 4 is 41.1 Å². The SMILES string of the molecule is C=Cc1ccc(N2C(=O)C3CC=C4C(CC5C(=O)N(c6ccccc6)C(=O)C5(C)C4c4ccc(OCc5ccccc5)cc4O)C3C2=O)cc1. The van der Waals surface area contributed by atoms with Crippen molar-refractivity contribution in [2.75, 3.05) is 9.80 Å². The van der Waals surface area contributed by atoms with Gasteiger partial charge in [-0.2, -0.15) is 0 Å². The number of benzene rings is 4. The van der Waals surface area contributed by atoms with Crippen molar-refractivity contribution in [3.05, 3.63) is 138 Å². The van der Waals surface area contributed by atoms with Crippen LogP contribution in [0.15, 0.2) is 121 Å². The molecule has 2 aliphatic heterocycles. The molecule has 1 saturated carbocycles. The van der Waals surface area contributed by atoms with Crippen LogP contribution in [0.25, 0.3) is 6.08 Å². The molecule has 8 heteroatoms. The second-order valence-corrected chi connectivity index (χ2v) is 13.8. The van der Waals surface area contributed by atoms with Gasteiger partial charge in [0.1, 0.15) is 18.1 Å². The number of allylic oxidation sites excluding steroid dienone is 2. The highest BCUT2D eigenvalue weighted by atomic mass is 16.5. The predicted octanol–water partition coefficient (Wildman–Crippen LogP) is 7.05. The summed E-state index contributed by atoms with van der Waals surface area (Å²) in [6.45, 7) is 5.91. The first-order valence-electron chi connectivity index (χ1n) is 17.0. The Morgan fingerprint density at radius 2 is 1.50 bits per heavy atom. The minimum Gasteiger partial charge on any atom is -0.508 e. The van der Waals surface area contributed by atoms with E-state index in [9.17, 15) is 24.3 Å². The van der Waals surface area contributed by atoms with Gasteiger partial charge in [-0.15, -0.1) is 0 Å². The number of nitrogens with zero attached hydrogens (tertiary/aromatic N) is 2. The Kier molecular flexibility index (Phi) is 7.55. The van der Waals surface area contributed by atoms with E-state index in [-0.39, 0.29) is 35.8 Å². The van der Waals surface area contributed by atoms with Gasteiger partial charge in [-0.3, -0.25) is 24.1 Å². The molecule has 50 heavy (non-hydrogen) atoms. The van der Waals surface area contributed by atoms with E-state index in [1.165, 1.54) is 9.80 Å². The van der Waals surface area contributed by atoms with Crippen LogP contribution in [0.2, 0.25) is 0 Å². The zero-order valence-electron chi connectivity index (χ0n) is 27.6. The molecule has 3 fully saturated rings. The third kappa shape index (κ3) is 4.73. The Morgan fingerprint density at radius 3 is 2.18 bits per heavy atom. The molecule has 0 aromatic heterocycles. The number of phenolic OH excluding ortho intramolecular Hbond substituents is 1. The first kappa shape index (κ1) is 31.5. The van der Waals surface area contributed by atoms with Crippen molar-refractivity contribution in [1.29, 1.82) is 0 Å². The summed E-state index contributed by atoms with van der Waals surface area (Å²) in [6.07, 6.45) is 4.22. The number of hydrogen-bond acceptors (Lipinski definition) is 6. The molecule has 4 aromatic carbocycles. The van der Waals surface area contributed by atoms with Crippen molar-refractivity contribution in [2.45, 2.75) is 32.3 Å². The average Bonchev–Trinajstić information content (AvgIpc) is 3.51. The van der Waals surface area contributed by atoms with Crippen LogP contribution in [-0.2, 0) is 25.8 Å². The van der Waals surface area contributed by atoms with Gasteiger partial charge in [-0.1, -0.05) is 91.0 Å². The summed E-state index contributed by atoms with van der Waals surface area (Å²) in [5.74, 6) is -4.22. The van der Waals surface area contributed by atoms with E-state index >= 15 is 0 Å². The largest absolute Gasteiger partial charge is 0.508 e. The Morgan fingerprint density at radius 1 is 0.820 bits per heavy atom. The van der Waals surface area contributed by atoms with Crippen LogP contribution in [0.3, 0.4) is 0 Å². The van der Waals surface area contributed by atoms with Gasteiger partial charge in [0.05, 0.1) is 34.5 Å². The normalized spacial score (nSPS) is 27.1. The van der Waals surface area contributed by atoms with Crippen LogP contribution in [0.4, 0.5) is 11.4 Å². The highest BCUT2D eigenvalue weighted by Crippen LogP contribution is 2.64. The van der Waals surface area contributed by atoms with Crippen LogP contribution >= 0.6 is 0 Å². The molecule has 1 N–H and O–H groups in total.